The fraction of sp³-hybridized carbons (Fsp3) is 0.500. The van der Waals surface area contributed by atoms with Crippen LogP contribution in [0, 0.1) is 5.92 Å². The van der Waals surface area contributed by atoms with Crippen LogP contribution in [0.15, 0.2) is 18.2 Å². The lowest BCUT2D eigenvalue weighted by molar-refractivity contribution is -0.137. The van der Waals surface area contributed by atoms with Crippen molar-refractivity contribution in [3.8, 4) is 0 Å². The van der Waals surface area contributed by atoms with Crippen LogP contribution in [0.3, 0.4) is 0 Å². The Morgan fingerprint density at radius 3 is 2.45 bits per heavy atom. The number of rotatable bonds is 4. The average molecular weight is 285 g/mol. The lowest BCUT2D eigenvalue weighted by atomic mass is 10.0. The highest BCUT2D eigenvalue weighted by Crippen LogP contribution is 2.32. The molecule has 0 unspecified atom stereocenters. The molecule has 0 aliphatic heterocycles. The van der Waals surface area contributed by atoms with E-state index in [9.17, 15) is 13.2 Å². The third kappa shape index (κ3) is 2.73. The van der Waals surface area contributed by atoms with Gasteiger partial charge in [0, 0.05) is 6.54 Å². The van der Waals surface area contributed by atoms with Crippen LogP contribution < -0.4 is 5.73 Å². The molecule has 0 radical (unpaired) electrons. The third-order valence-electron chi connectivity index (χ3n) is 3.70. The van der Waals surface area contributed by atoms with Crippen LogP contribution in [-0.4, -0.2) is 9.55 Å². The van der Waals surface area contributed by atoms with Crippen LogP contribution in [0.5, 0.6) is 0 Å². The van der Waals surface area contributed by atoms with Crippen LogP contribution in [0.4, 0.5) is 19.1 Å². The summed E-state index contributed by atoms with van der Waals surface area (Å²) in [5, 5.41) is 0. The van der Waals surface area contributed by atoms with Crippen molar-refractivity contribution in [2.24, 2.45) is 5.92 Å². The fourth-order valence-electron chi connectivity index (χ4n) is 2.32. The van der Waals surface area contributed by atoms with E-state index in [0.717, 1.165) is 25.0 Å². The smallest absolute Gasteiger partial charge is 0.369 e. The van der Waals surface area contributed by atoms with E-state index in [2.05, 4.69) is 18.8 Å². The van der Waals surface area contributed by atoms with Gasteiger partial charge in [-0.15, -0.1) is 0 Å². The zero-order chi connectivity index (χ0) is 14.9. The monoisotopic (exact) mass is 285 g/mol. The van der Waals surface area contributed by atoms with Crippen LogP contribution >= 0.6 is 0 Å². The molecule has 0 bridgehead atoms. The van der Waals surface area contributed by atoms with Crippen molar-refractivity contribution in [1.29, 1.82) is 0 Å². The molecule has 6 heteroatoms. The predicted octanol–water partition coefficient (Wildman–Crippen LogP) is 4.07. The van der Waals surface area contributed by atoms with Gasteiger partial charge in [-0.05, 0) is 24.1 Å². The summed E-state index contributed by atoms with van der Waals surface area (Å²) in [7, 11) is 0. The SMILES string of the molecule is CCC(CC)Cn1c(N)nc2cc(C(F)(F)F)ccc21. The number of nitrogens with zero attached hydrogens (tertiary/aromatic N) is 2. The maximum Gasteiger partial charge on any atom is 0.416 e. The van der Waals surface area contributed by atoms with Gasteiger partial charge in [0.25, 0.3) is 0 Å². The highest BCUT2D eigenvalue weighted by Gasteiger charge is 2.31. The van der Waals surface area contributed by atoms with Crippen LogP contribution in [0.1, 0.15) is 32.3 Å². The van der Waals surface area contributed by atoms with E-state index in [-0.39, 0.29) is 5.95 Å². The zero-order valence-corrected chi connectivity index (χ0v) is 11.5. The van der Waals surface area contributed by atoms with E-state index in [1.807, 2.05) is 0 Å². The minimum atomic E-state index is -4.36. The Bertz CT molecular complexity index is 597. The Morgan fingerprint density at radius 1 is 1.25 bits per heavy atom. The number of nitrogens with two attached hydrogens (primary N) is 1. The summed E-state index contributed by atoms with van der Waals surface area (Å²) in [5.74, 6) is 0.711. The fourth-order valence-corrected chi connectivity index (χ4v) is 2.32. The second kappa shape index (κ2) is 5.34. The van der Waals surface area contributed by atoms with Crippen LogP contribution in [0.2, 0.25) is 0 Å². The number of hydrogen-bond donors (Lipinski definition) is 1. The van der Waals surface area contributed by atoms with Gasteiger partial charge in [-0.3, -0.25) is 0 Å². The number of nitrogen functional groups attached to an aromatic ring is 1. The first-order valence-corrected chi connectivity index (χ1v) is 6.69. The summed E-state index contributed by atoms with van der Waals surface area (Å²) in [5.41, 5.74) is 6.09. The summed E-state index contributed by atoms with van der Waals surface area (Å²) in [6.07, 6.45) is -2.37. The lowest BCUT2D eigenvalue weighted by Crippen LogP contribution is -2.11. The Labute approximate surface area is 115 Å². The number of anilines is 1. The lowest BCUT2D eigenvalue weighted by Gasteiger charge is -2.15. The number of benzene rings is 1. The van der Waals surface area contributed by atoms with E-state index in [1.54, 1.807) is 4.57 Å². The highest BCUT2D eigenvalue weighted by atomic mass is 19.4. The maximum absolute atomic E-state index is 12.7. The summed E-state index contributed by atoms with van der Waals surface area (Å²) in [6.45, 7) is 4.86. The second-order valence-corrected chi connectivity index (χ2v) is 4.96. The second-order valence-electron chi connectivity index (χ2n) is 4.96. The summed E-state index contributed by atoms with van der Waals surface area (Å²) in [6, 6.07) is 3.58. The van der Waals surface area contributed by atoms with Gasteiger partial charge in [-0.2, -0.15) is 13.2 Å². The average Bonchev–Trinajstić information content (AvgIpc) is 2.69. The minimum Gasteiger partial charge on any atom is -0.369 e. The first kappa shape index (κ1) is 14.7. The predicted molar refractivity (Wildman–Crippen MR) is 73.2 cm³/mol. The van der Waals surface area contributed by atoms with Crippen molar-refractivity contribution in [2.45, 2.75) is 39.4 Å². The number of fused-ring (bicyclic) bond motifs is 1. The number of alkyl halides is 3. The van der Waals surface area contributed by atoms with Gasteiger partial charge in [0.1, 0.15) is 0 Å². The Balaban J connectivity index is 2.45. The first-order valence-electron chi connectivity index (χ1n) is 6.69. The zero-order valence-electron chi connectivity index (χ0n) is 11.5. The molecule has 0 atom stereocenters. The molecule has 0 saturated carbocycles. The summed E-state index contributed by atoms with van der Waals surface area (Å²) >= 11 is 0. The number of imidazole rings is 1. The standard InChI is InChI=1S/C14H18F3N3/c1-3-9(4-2)8-20-12-6-5-10(14(15,16)17)7-11(12)19-13(20)18/h5-7,9H,3-4,8H2,1-2H3,(H2,18,19). The van der Waals surface area contributed by atoms with E-state index < -0.39 is 11.7 Å². The van der Waals surface area contributed by atoms with Crippen molar-refractivity contribution < 1.29 is 13.2 Å². The molecule has 0 aliphatic carbocycles. The van der Waals surface area contributed by atoms with Crippen molar-refractivity contribution >= 4 is 17.0 Å². The van der Waals surface area contributed by atoms with Gasteiger partial charge in [0.2, 0.25) is 5.95 Å². The van der Waals surface area contributed by atoms with E-state index in [0.29, 0.717) is 23.5 Å². The molecule has 0 aliphatic rings. The van der Waals surface area contributed by atoms with Gasteiger partial charge < -0.3 is 10.3 Å². The molecule has 2 aromatic rings. The normalized spacial score (nSPS) is 12.5. The molecular formula is C14H18F3N3. The number of hydrogen-bond acceptors (Lipinski definition) is 2. The molecule has 2 rings (SSSR count). The summed E-state index contributed by atoms with van der Waals surface area (Å²) < 4.78 is 39.8. The minimum absolute atomic E-state index is 0.270. The van der Waals surface area contributed by atoms with Gasteiger partial charge >= 0.3 is 6.18 Å². The number of halogens is 3. The molecule has 20 heavy (non-hydrogen) atoms. The topological polar surface area (TPSA) is 43.8 Å². The molecule has 110 valence electrons. The molecule has 0 spiro atoms. The number of aromatic nitrogens is 2. The Kier molecular flexibility index (Phi) is 3.92. The molecule has 1 heterocycles. The van der Waals surface area contributed by atoms with Crippen LogP contribution in [0.25, 0.3) is 11.0 Å². The van der Waals surface area contributed by atoms with Gasteiger partial charge in [-0.1, -0.05) is 26.7 Å². The quantitative estimate of drug-likeness (QED) is 0.920. The van der Waals surface area contributed by atoms with E-state index >= 15 is 0 Å². The van der Waals surface area contributed by atoms with Gasteiger partial charge in [-0.25, -0.2) is 4.98 Å². The Hall–Kier alpha value is -1.72. The summed E-state index contributed by atoms with van der Waals surface area (Å²) in [4.78, 5) is 4.05. The van der Waals surface area contributed by atoms with Gasteiger partial charge in [0.15, 0.2) is 0 Å². The first-order chi connectivity index (χ1) is 9.36. The molecule has 2 N–H and O–H groups in total. The molecule has 1 aromatic heterocycles. The molecule has 0 amide bonds. The largest absolute Gasteiger partial charge is 0.416 e. The third-order valence-corrected chi connectivity index (χ3v) is 3.70. The van der Waals surface area contributed by atoms with Crippen molar-refractivity contribution in [2.75, 3.05) is 5.73 Å². The Morgan fingerprint density at radius 2 is 1.90 bits per heavy atom. The van der Waals surface area contributed by atoms with Crippen molar-refractivity contribution in [1.82, 2.24) is 9.55 Å². The maximum atomic E-state index is 12.7. The van der Waals surface area contributed by atoms with E-state index in [4.69, 9.17) is 5.73 Å². The van der Waals surface area contributed by atoms with Crippen LogP contribution in [-0.2, 0) is 12.7 Å². The molecule has 3 nitrogen and oxygen atoms in total. The molecule has 0 fully saturated rings. The van der Waals surface area contributed by atoms with E-state index in [1.165, 1.54) is 6.07 Å². The molecule has 0 saturated heterocycles. The highest BCUT2D eigenvalue weighted by molar-refractivity contribution is 5.79. The van der Waals surface area contributed by atoms with Crippen molar-refractivity contribution in [3.05, 3.63) is 23.8 Å². The molecular weight excluding hydrogens is 267 g/mol. The van der Waals surface area contributed by atoms with Crippen molar-refractivity contribution in [3.63, 3.8) is 0 Å². The molecule has 1 aromatic carbocycles. The van der Waals surface area contributed by atoms with Gasteiger partial charge in [0.05, 0.1) is 16.6 Å².